The number of carbonyl (C=O) groups excluding carboxylic acids is 1. The van der Waals surface area contributed by atoms with Gasteiger partial charge in [0.05, 0.1) is 10.8 Å². The van der Waals surface area contributed by atoms with Crippen LogP contribution in [0, 0.1) is 12.8 Å². The maximum absolute atomic E-state index is 11.9. The molecule has 1 amide bonds. The number of aryl methyl sites for hydroxylation is 2. The lowest BCUT2D eigenvalue weighted by molar-refractivity contribution is -0.141. The maximum Gasteiger partial charge on any atom is 0.306 e. The summed E-state index contributed by atoms with van der Waals surface area (Å²) in [5.41, 5.74) is 1.23. The molecule has 106 valence electrons. The van der Waals surface area contributed by atoms with Crippen molar-refractivity contribution in [3.63, 3.8) is 0 Å². The fourth-order valence-electron chi connectivity index (χ4n) is 1.76. The van der Waals surface area contributed by atoms with Crippen molar-refractivity contribution < 1.29 is 14.7 Å². The van der Waals surface area contributed by atoms with Gasteiger partial charge in [0.1, 0.15) is 0 Å². The number of carbonyl (C=O) groups is 2. The summed E-state index contributed by atoms with van der Waals surface area (Å²) in [7, 11) is 0. The minimum absolute atomic E-state index is 0.104. The van der Waals surface area contributed by atoms with Gasteiger partial charge in [0, 0.05) is 11.4 Å². The minimum Gasteiger partial charge on any atom is -0.481 e. The van der Waals surface area contributed by atoms with Gasteiger partial charge in [0.2, 0.25) is 0 Å². The molecule has 4 nitrogen and oxygen atoms in total. The molecule has 0 fully saturated rings. The zero-order chi connectivity index (χ0) is 14.4. The molecule has 1 atom stereocenters. The predicted molar refractivity (Wildman–Crippen MR) is 76.8 cm³/mol. The highest BCUT2D eigenvalue weighted by molar-refractivity contribution is 7.14. The molecule has 0 aliphatic heterocycles. The first-order chi connectivity index (χ1) is 8.95. The van der Waals surface area contributed by atoms with E-state index >= 15 is 0 Å². The molecule has 1 aromatic heterocycles. The van der Waals surface area contributed by atoms with Crippen molar-refractivity contribution >= 4 is 23.2 Å². The van der Waals surface area contributed by atoms with Crippen LogP contribution in [0.25, 0.3) is 0 Å². The van der Waals surface area contributed by atoms with Gasteiger partial charge in [-0.1, -0.05) is 20.3 Å². The molecular weight excluding hydrogens is 262 g/mol. The summed E-state index contributed by atoms with van der Waals surface area (Å²) in [6, 6.07) is 1.94. The second kappa shape index (κ2) is 7.28. The number of aliphatic carboxylic acids is 1. The number of amides is 1. The van der Waals surface area contributed by atoms with Crippen molar-refractivity contribution in [2.24, 2.45) is 5.92 Å². The summed E-state index contributed by atoms with van der Waals surface area (Å²) >= 11 is 1.50. The standard InChI is InChI=1S/C14H21NO3S/c1-4-5-11-8-12(19-10(11)3)13(16)15-7-6-9(2)14(17)18/h8-9H,4-7H2,1-3H3,(H,15,16)(H,17,18). The molecule has 0 radical (unpaired) electrons. The van der Waals surface area contributed by atoms with Gasteiger partial charge >= 0.3 is 5.97 Å². The average molecular weight is 283 g/mol. The van der Waals surface area contributed by atoms with Gasteiger partial charge in [-0.25, -0.2) is 0 Å². The van der Waals surface area contributed by atoms with Gasteiger partial charge in [-0.05, 0) is 31.4 Å². The molecule has 5 heteroatoms. The maximum atomic E-state index is 11.9. The fourth-order valence-corrected chi connectivity index (χ4v) is 2.75. The molecule has 2 N–H and O–H groups in total. The van der Waals surface area contributed by atoms with Gasteiger partial charge < -0.3 is 10.4 Å². The van der Waals surface area contributed by atoms with E-state index in [2.05, 4.69) is 12.2 Å². The number of hydrogen-bond acceptors (Lipinski definition) is 3. The molecule has 1 heterocycles. The highest BCUT2D eigenvalue weighted by Crippen LogP contribution is 2.22. The number of thiophene rings is 1. The van der Waals surface area contributed by atoms with Crippen molar-refractivity contribution in [2.45, 2.75) is 40.0 Å². The van der Waals surface area contributed by atoms with Crippen LogP contribution in [0.3, 0.4) is 0 Å². The Morgan fingerprint density at radius 2 is 2.16 bits per heavy atom. The Hall–Kier alpha value is -1.36. The van der Waals surface area contributed by atoms with E-state index in [4.69, 9.17) is 5.11 Å². The van der Waals surface area contributed by atoms with E-state index in [1.165, 1.54) is 21.8 Å². The zero-order valence-corrected chi connectivity index (χ0v) is 12.5. The van der Waals surface area contributed by atoms with Crippen LogP contribution in [0.5, 0.6) is 0 Å². The number of hydrogen-bond donors (Lipinski definition) is 2. The molecule has 1 unspecified atom stereocenters. The third-order valence-corrected chi connectivity index (χ3v) is 4.14. The fraction of sp³-hybridized carbons (Fsp3) is 0.571. The number of carboxylic acids is 1. The lowest BCUT2D eigenvalue weighted by Gasteiger charge is -2.06. The van der Waals surface area contributed by atoms with Gasteiger partial charge in [-0.2, -0.15) is 0 Å². The average Bonchev–Trinajstić information content (AvgIpc) is 2.71. The van der Waals surface area contributed by atoms with Crippen LogP contribution in [0.4, 0.5) is 0 Å². The Balaban J connectivity index is 2.49. The van der Waals surface area contributed by atoms with Crippen LogP contribution in [0.15, 0.2) is 6.07 Å². The molecule has 0 aliphatic rings. The van der Waals surface area contributed by atoms with E-state index in [0.717, 1.165) is 12.8 Å². The number of carboxylic acid groups (broad SMARTS) is 1. The van der Waals surface area contributed by atoms with Crippen LogP contribution < -0.4 is 5.32 Å². The topological polar surface area (TPSA) is 66.4 Å². The molecule has 0 aromatic carbocycles. The molecule has 19 heavy (non-hydrogen) atoms. The third kappa shape index (κ3) is 4.67. The molecular formula is C14H21NO3S. The van der Waals surface area contributed by atoms with Crippen LogP contribution in [0.1, 0.15) is 46.8 Å². The Labute approximate surface area is 117 Å². The number of rotatable bonds is 7. The van der Waals surface area contributed by atoms with Gasteiger partial charge in [-0.3, -0.25) is 9.59 Å². The smallest absolute Gasteiger partial charge is 0.306 e. The summed E-state index contributed by atoms with van der Waals surface area (Å²) in [6.45, 7) is 6.18. The van der Waals surface area contributed by atoms with Gasteiger partial charge in [0.25, 0.3) is 5.91 Å². The third-order valence-electron chi connectivity index (χ3n) is 3.05. The summed E-state index contributed by atoms with van der Waals surface area (Å²) in [6.07, 6.45) is 2.51. The van der Waals surface area contributed by atoms with Crippen molar-refractivity contribution in [2.75, 3.05) is 6.54 Å². The summed E-state index contributed by atoms with van der Waals surface area (Å²) < 4.78 is 0. The second-order valence-electron chi connectivity index (χ2n) is 4.73. The first kappa shape index (κ1) is 15.7. The Kier molecular flexibility index (Phi) is 6.02. The van der Waals surface area contributed by atoms with E-state index in [-0.39, 0.29) is 5.91 Å². The summed E-state index contributed by atoms with van der Waals surface area (Å²) in [5.74, 6) is -1.36. The van der Waals surface area contributed by atoms with Crippen molar-refractivity contribution in [3.05, 3.63) is 21.4 Å². The molecule has 1 aromatic rings. The Morgan fingerprint density at radius 1 is 1.47 bits per heavy atom. The van der Waals surface area contributed by atoms with E-state index in [1.54, 1.807) is 6.92 Å². The van der Waals surface area contributed by atoms with E-state index in [9.17, 15) is 9.59 Å². The molecule has 0 spiro atoms. The molecule has 0 saturated carbocycles. The Morgan fingerprint density at radius 3 is 2.74 bits per heavy atom. The first-order valence-corrected chi connectivity index (χ1v) is 7.37. The second-order valence-corrected chi connectivity index (χ2v) is 5.98. The molecule has 0 aliphatic carbocycles. The molecule has 1 rings (SSSR count). The van der Waals surface area contributed by atoms with E-state index in [1.807, 2.05) is 13.0 Å². The quantitative estimate of drug-likeness (QED) is 0.808. The first-order valence-electron chi connectivity index (χ1n) is 6.56. The lowest BCUT2D eigenvalue weighted by atomic mass is 10.1. The minimum atomic E-state index is -0.827. The van der Waals surface area contributed by atoms with E-state index < -0.39 is 11.9 Å². The monoisotopic (exact) mass is 283 g/mol. The van der Waals surface area contributed by atoms with E-state index in [0.29, 0.717) is 17.8 Å². The predicted octanol–water partition coefficient (Wildman–Crippen LogP) is 2.85. The normalized spacial score (nSPS) is 12.2. The lowest BCUT2D eigenvalue weighted by Crippen LogP contribution is -2.26. The Bertz CT molecular complexity index is 454. The van der Waals surface area contributed by atoms with Crippen LogP contribution in [-0.2, 0) is 11.2 Å². The van der Waals surface area contributed by atoms with Crippen LogP contribution in [-0.4, -0.2) is 23.5 Å². The SMILES string of the molecule is CCCc1cc(C(=O)NCCC(C)C(=O)O)sc1C. The highest BCUT2D eigenvalue weighted by atomic mass is 32.1. The highest BCUT2D eigenvalue weighted by Gasteiger charge is 2.14. The van der Waals surface area contributed by atoms with Crippen molar-refractivity contribution in [1.29, 1.82) is 0 Å². The van der Waals surface area contributed by atoms with Crippen LogP contribution in [0.2, 0.25) is 0 Å². The van der Waals surface area contributed by atoms with Gasteiger partial charge in [-0.15, -0.1) is 11.3 Å². The van der Waals surface area contributed by atoms with Gasteiger partial charge in [0.15, 0.2) is 0 Å². The van der Waals surface area contributed by atoms with Crippen molar-refractivity contribution in [3.8, 4) is 0 Å². The van der Waals surface area contributed by atoms with Crippen LogP contribution >= 0.6 is 11.3 Å². The van der Waals surface area contributed by atoms with Crippen molar-refractivity contribution in [1.82, 2.24) is 5.32 Å². The molecule has 0 saturated heterocycles. The zero-order valence-electron chi connectivity index (χ0n) is 11.7. The number of nitrogens with one attached hydrogen (secondary N) is 1. The molecule has 0 bridgehead atoms. The summed E-state index contributed by atoms with van der Waals surface area (Å²) in [5, 5.41) is 11.5. The largest absolute Gasteiger partial charge is 0.481 e. The summed E-state index contributed by atoms with van der Waals surface area (Å²) in [4.78, 5) is 24.5.